The molecule has 0 bridgehead atoms. The summed E-state index contributed by atoms with van der Waals surface area (Å²) in [4.78, 5) is 12.7. The van der Waals surface area contributed by atoms with Gasteiger partial charge < -0.3 is 20.5 Å². The molecule has 1 atom stereocenters. The van der Waals surface area contributed by atoms with E-state index in [9.17, 15) is 5.11 Å². The number of nitrogens with zero attached hydrogens (tertiary/aromatic N) is 4. The molecule has 0 fully saturated rings. The summed E-state index contributed by atoms with van der Waals surface area (Å²) in [6, 6.07) is 10.0. The van der Waals surface area contributed by atoms with Crippen LogP contribution in [0.25, 0.3) is 11.2 Å². The number of aliphatic hydroxyl groups is 2. The largest absolute Gasteiger partial charge is 0.394 e. The molecular formula is C15H17N5O2S. The molecule has 0 saturated heterocycles. The summed E-state index contributed by atoms with van der Waals surface area (Å²) in [5.41, 5.74) is 8.09. The Balaban J connectivity index is 1.94. The highest BCUT2D eigenvalue weighted by Crippen LogP contribution is 2.27. The average Bonchev–Trinajstić information content (AvgIpc) is 2.93. The lowest BCUT2D eigenvalue weighted by atomic mass is 10.2. The zero-order chi connectivity index (χ0) is 16.2. The van der Waals surface area contributed by atoms with Crippen molar-refractivity contribution in [1.82, 2.24) is 19.5 Å². The summed E-state index contributed by atoms with van der Waals surface area (Å²) >= 11 is 1.52. The normalized spacial score (nSPS) is 12.6. The second-order valence-corrected chi connectivity index (χ2v) is 5.99. The van der Waals surface area contributed by atoms with Crippen molar-refractivity contribution in [3.8, 4) is 0 Å². The molecule has 0 saturated carbocycles. The molecule has 4 N–H and O–H groups in total. The van der Waals surface area contributed by atoms with Gasteiger partial charge in [-0.25, -0.2) is 15.0 Å². The third-order valence-electron chi connectivity index (χ3n) is 3.34. The smallest absolute Gasteiger partial charge is 0.170 e. The van der Waals surface area contributed by atoms with Crippen molar-refractivity contribution in [1.29, 1.82) is 0 Å². The van der Waals surface area contributed by atoms with E-state index >= 15 is 0 Å². The second kappa shape index (κ2) is 6.95. The number of benzene rings is 1. The topological polar surface area (TPSA) is 110 Å². The third-order valence-corrected chi connectivity index (χ3v) is 4.39. The lowest BCUT2D eigenvalue weighted by Gasteiger charge is -2.11. The van der Waals surface area contributed by atoms with Crippen LogP contribution in [0.15, 0.2) is 41.8 Å². The first-order chi connectivity index (χ1) is 11.2. The number of thioether (sulfide) groups is 1. The molecule has 0 aliphatic carbocycles. The van der Waals surface area contributed by atoms with E-state index in [4.69, 9.17) is 10.8 Å². The SMILES string of the molecule is Nc1ncnc2c1nc(SCc1ccccc1)n2C[C@@H](O)CO. The number of nitrogens with two attached hydrogens (primary N) is 1. The molecule has 2 aromatic heterocycles. The van der Waals surface area contributed by atoms with Crippen LogP contribution in [0.2, 0.25) is 0 Å². The molecule has 0 aliphatic rings. The van der Waals surface area contributed by atoms with Crippen LogP contribution >= 0.6 is 11.8 Å². The minimum absolute atomic E-state index is 0.195. The molecule has 23 heavy (non-hydrogen) atoms. The molecule has 2 heterocycles. The summed E-state index contributed by atoms with van der Waals surface area (Å²) in [6.07, 6.45) is 0.479. The fraction of sp³-hybridized carbons (Fsp3) is 0.267. The monoisotopic (exact) mass is 331 g/mol. The highest BCUT2D eigenvalue weighted by molar-refractivity contribution is 7.98. The van der Waals surface area contributed by atoms with Crippen LogP contribution in [0.4, 0.5) is 5.82 Å². The van der Waals surface area contributed by atoms with Crippen molar-refractivity contribution < 1.29 is 10.2 Å². The highest BCUT2D eigenvalue weighted by atomic mass is 32.2. The van der Waals surface area contributed by atoms with E-state index in [-0.39, 0.29) is 13.2 Å². The Morgan fingerprint density at radius 3 is 2.74 bits per heavy atom. The van der Waals surface area contributed by atoms with Crippen molar-refractivity contribution in [3.05, 3.63) is 42.2 Å². The minimum Gasteiger partial charge on any atom is -0.394 e. The molecule has 8 heteroatoms. The van der Waals surface area contributed by atoms with E-state index in [2.05, 4.69) is 15.0 Å². The van der Waals surface area contributed by atoms with E-state index < -0.39 is 6.10 Å². The molecule has 0 aliphatic heterocycles. The molecule has 0 unspecified atom stereocenters. The molecule has 0 radical (unpaired) electrons. The fourth-order valence-corrected chi connectivity index (χ4v) is 3.16. The van der Waals surface area contributed by atoms with Crippen molar-refractivity contribution in [3.63, 3.8) is 0 Å². The number of rotatable bonds is 6. The number of hydrogen-bond donors (Lipinski definition) is 3. The minimum atomic E-state index is -0.889. The number of aliphatic hydroxyl groups excluding tert-OH is 2. The third kappa shape index (κ3) is 3.44. The highest BCUT2D eigenvalue weighted by Gasteiger charge is 2.17. The number of anilines is 1. The predicted molar refractivity (Wildman–Crippen MR) is 88.8 cm³/mol. The number of aromatic nitrogens is 4. The number of hydrogen-bond acceptors (Lipinski definition) is 7. The molecule has 7 nitrogen and oxygen atoms in total. The number of fused-ring (bicyclic) bond motifs is 1. The summed E-state index contributed by atoms with van der Waals surface area (Å²) in [5, 5.41) is 19.6. The zero-order valence-electron chi connectivity index (χ0n) is 12.3. The summed E-state index contributed by atoms with van der Waals surface area (Å²) in [6.45, 7) is -0.135. The van der Waals surface area contributed by atoms with Gasteiger partial charge in [0, 0.05) is 5.75 Å². The molecule has 0 spiro atoms. The van der Waals surface area contributed by atoms with Crippen LogP contribution in [0, 0.1) is 0 Å². The lowest BCUT2D eigenvalue weighted by molar-refractivity contribution is 0.0801. The van der Waals surface area contributed by atoms with Gasteiger partial charge in [-0.05, 0) is 5.56 Å². The number of imidazole rings is 1. The molecule has 0 amide bonds. The van der Waals surface area contributed by atoms with Gasteiger partial charge in [-0.3, -0.25) is 0 Å². The standard InChI is InChI=1S/C15H17N5O2S/c16-13-12-14(18-9-17-13)20(6-11(22)7-21)15(19-12)23-8-10-4-2-1-3-5-10/h1-5,9,11,21-22H,6-8H2,(H2,16,17,18)/t11-/m1/s1. The van der Waals surface area contributed by atoms with Crippen LogP contribution in [0.5, 0.6) is 0 Å². The van der Waals surface area contributed by atoms with Gasteiger partial charge in [0.05, 0.1) is 19.3 Å². The Morgan fingerprint density at radius 1 is 1.22 bits per heavy atom. The van der Waals surface area contributed by atoms with Gasteiger partial charge >= 0.3 is 0 Å². The van der Waals surface area contributed by atoms with Gasteiger partial charge in [0.15, 0.2) is 22.1 Å². The summed E-state index contributed by atoms with van der Waals surface area (Å²) in [7, 11) is 0. The molecule has 1 aromatic carbocycles. The maximum absolute atomic E-state index is 9.79. The summed E-state index contributed by atoms with van der Waals surface area (Å²) in [5.74, 6) is 1.03. The Morgan fingerprint density at radius 2 is 2.00 bits per heavy atom. The van der Waals surface area contributed by atoms with E-state index in [1.54, 1.807) is 4.57 Å². The van der Waals surface area contributed by atoms with Gasteiger partial charge in [0.2, 0.25) is 0 Å². The Hall–Kier alpha value is -2.16. The first kappa shape index (κ1) is 15.7. The maximum atomic E-state index is 9.79. The van der Waals surface area contributed by atoms with E-state index in [0.29, 0.717) is 22.1 Å². The first-order valence-corrected chi connectivity index (χ1v) is 8.10. The predicted octanol–water partition coefficient (Wildman–Crippen LogP) is 1.05. The lowest BCUT2D eigenvalue weighted by Crippen LogP contribution is -2.20. The van der Waals surface area contributed by atoms with Crippen LogP contribution in [-0.2, 0) is 12.3 Å². The second-order valence-electron chi connectivity index (χ2n) is 5.05. The Labute approximate surface area is 137 Å². The molecule has 120 valence electrons. The Kier molecular flexibility index (Phi) is 4.75. The zero-order valence-corrected chi connectivity index (χ0v) is 13.1. The van der Waals surface area contributed by atoms with Crippen molar-refractivity contribution in [2.45, 2.75) is 23.6 Å². The van der Waals surface area contributed by atoms with Crippen LogP contribution in [0.1, 0.15) is 5.56 Å². The first-order valence-electron chi connectivity index (χ1n) is 7.11. The van der Waals surface area contributed by atoms with E-state index in [0.717, 1.165) is 11.3 Å². The van der Waals surface area contributed by atoms with Crippen LogP contribution in [-0.4, -0.2) is 42.4 Å². The van der Waals surface area contributed by atoms with E-state index in [1.165, 1.54) is 18.1 Å². The van der Waals surface area contributed by atoms with Gasteiger partial charge in [-0.15, -0.1) is 0 Å². The average molecular weight is 331 g/mol. The quantitative estimate of drug-likeness (QED) is 0.579. The molecular weight excluding hydrogens is 314 g/mol. The van der Waals surface area contributed by atoms with E-state index in [1.807, 2.05) is 30.3 Å². The Bertz CT molecular complexity index is 793. The fourth-order valence-electron chi connectivity index (χ4n) is 2.20. The van der Waals surface area contributed by atoms with Crippen LogP contribution < -0.4 is 5.73 Å². The van der Waals surface area contributed by atoms with Gasteiger partial charge in [-0.1, -0.05) is 42.1 Å². The van der Waals surface area contributed by atoms with Crippen molar-refractivity contribution in [2.24, 2.45) is 0 Å². The van der Waals surface area contributed by atoms with Crippen molar-refractivity contribution >= 4 is 28.7 Å². The van der Waals surface area contributed by atoms with Gasteiger partial charge in [0.25, 0.3) is 0 Å². The van der Waals surface area contributed by atoms with Crippen LogP contribution in [0.3, 0.4) is 0 Å². The van der Waals surface area contributed by atoms with Crippen molar-refractivity contribution in [2.75, 3.05) is 12.3 Å². The summed E-state index contributed by atoms with van der Waals surface area (Å²) < 4.78 is 1.77. The molecule has 3 rings (SSSR count). The maximum Gasteiger partial charge on any atom is 0.170 e. The number of nitrogen functional groups attached to an aromatic ring is 1. The van der Waals surface area contributed by atoms with Gasteiger partial charge in [-0.2, -0.15) is 0 Å². The molecule has 3 aromatic rings. The van der Waals surface area contributed by atoms with Gasteiger partial charge in [0.1, 0.15) is 6.33 Å².